The smallest absolute Gasteiger partial charge is 0.261 e. The van der Waals surface area contributed by atoms with Gasteiger partial charge < -0.3 is 5.11 Å². The fourth-order valence-electron chi connectivity index (χ4n) is 1.89. The summed E-state index contributed by atoms with van der Waals surface area (Å²) in [7, 11) is -2.07. The Kier molecular flexibility index (Phi) is 3.44. The Hall–Kier alpha value is -0.630. The van der Waals surface area contributed by atoms with Crippen LogP contribution in [0.5, 0.6) is 0 Å². The summed E-state index contributed by atoms with van der Waals surface area (Å²) in [5.74, 6) is 0. The van der Waals surface area contributed by atoms with Crippen molar-refractivity contribution in [3.05, 3.63) is 11.2 Å². The number of aromatic nitrogens is 2. The van der Waals surface area contributed by atoms with Crippen LogP contribution in [0.15, 0.2) is 11.2 Å². The van der Waals surface area contributed by atoms with Crippen molar-refractivity contribution in [1.29, 1.82) is 0 Å². The third-order valence-electron chi connectivity index (χ3n) is 2.85. The van der Waals surface area contributed by atoms with E-state index in [2.05, 4.69) is 5.10 Å². The van der Waals surface area contributed by atoms with E-state index in [1.807, 2.05) is 0 Å². The second-order valence-corrected chi connectivity index (χ2v) is 6.32. The molecule has 96 valence electrons. The molecular weight excluding hydrogens is 266 g/mol. The molecule has 0 saturated carbocycles. The highest BCUT2D eigenvalue weighted by atomic mass is 35.5. The Morgan fingerprint density at radius 3 is 2.53 bits per heavy atom. The molecule has 2 heterocycles. The van der Waals surface area contributed by atoms with E-state index in [0.717, 1.165) is 0 Å². The number of aliphatic hydroxyl groups excluding tert-OH is 1. The molecule has 1 aliphatic heterocycles. The molecule has 6 nitrogen and oxygen atoms in total. The molecule has 0 unspecified atom stereocenters. The van der Waals surface area contributed by atoms with Gasteiger partial charge in [0, 0.05) is 20.1 Å². The lowest BCUT2D eigenvalue weighted by molar-refractivity contribution is 0.113. The molecule has 8 heteroatoms. The van der Waals surface area contributed by atoms with E-state index in [1.54, 1.807) is 0 Å². The van der Waals surface area contributed by atoms with Gasteiger partial charge in [-0.05, 0) is 12.8 Å². The van der Waals surface area contributed by atoms with Crippen molar-refractivity contribution < 1.29 is 13.5 Å². The summed E-state index contributed by atoms with van der Waals surface area (Å²) in [6.07, 6.45) is 1.81. The van der Waals surface area contributed by atoms with E-state index in [9.17, 15) is 13.5 Å². The molecule has 1 N–H and O–H groups in total. The lowest BCUT2D eigenvalue weighted by atomic mass is 10.1. The second-order valence-electron chi connectivity index (χ2n) is 4.06. The first kappa shape index (κ1) is 12.8. The maximum atomic E-state index is 12.3. The van der Waals surface area contributed by atoms with E-state index in [1.165, 1.54) is 22.2 Å². The van der Waals surface area contributed by atoms with Crippen molar-refractivity contribution in [3.8, 4) is 0 Å². The summed E-state index contributed by atoms with van der Waals surface area (Å²) in [6.45, 7) is 0.621. The number of nitrogens with zero attached hydrogens (tertiary/aromatic N) is 3. The molecular formula is C9H14ClN3O3S. The third kappa shape index (κ3) is 2.33. The standard InChI is InChI=1S/C9H14ClN3O3S/c1-12-9(8(10)6-11-12)17(15,16)13-4-2-7(14)3-5-13/h6-7,14H,2-5H2,1H3. The van der Waals surface area contributed by atoms with Crippen LogP contribution in [-0.2, 0) is 17.1 Å². The van der Waals surface area contributed by atoms with Crippen LogP contribution in [-0.4, -0.2) is 46.8 Å². The predicted octanol–water partition coefficient (Wildman–Crippen LogP) is 0.219. The first-order chi connectivity index (χ1) is 7.93. The molecule has 17 heavy (non-hydrogen) atoms. The summed E-state index contributed by atoms with van der Waals surface area (Å²) < 4.78 is 27.2. The van der Waals surface area contributed by atoms with Crippen LogP contribution in [0, 0.1) is 0 Å². The number of halogens is 1. The Bertz CT molecular complexity index is 486. The Morgan fingerprint density at radius 1 is 1.47 bits per heavy atom. The van der Waals surface area contributed by atoms with Crippen molar-refractivity contribution in [2.45, 2.75) is 24.0 Å². The molecule has 2 rings (SSSR count). The molecule has 0 aliphatic carbocycles. The molecule has 0 bridgehead atoms. The van der Waals surface area contributed by atoms with E-state index in [4.69, 9.17) is 11.6 Å². The molecule has 1 saturated heterocycles. The summed E-state index contributed by atoms with van der Waals surface area (Å²) in [5, 5.41) is 13.3. The summed E-state index contributed by atoms with van der Waals surface area (Å²) in [5.41, 5.74) is 0. The van der Waals surface area contributed by atoms with Gasteiger partial charge in [0.25, 0.3) is 10.0 Å². The van der Waals surface area contributed by atoms with Gasteiger partial charge in [0.05, 0.1) is 17.3 Å². The topological polar surface area (TPSA) is 75.4 Å². The number of aliphatic hydroxyl groups is 1. The van der Waals surface area contributed by atoms with Crippen molar-refractivity contribution >= 4 is 21.6 Å². The first-order valence-corrected chi connectivity index (χ1v) is 7.10. The largest absolute Gasteiger partial charge is 0.393 e. The van der Waals surface area contributed by atoms with Gasteiger partial charge in [0.2, 0.25) is 0 Å². The average Bonchev–Trinajstić information content (AvgIpc) is 2.59. The van der Waals surface area contributed by atoms with E-state index < -0.39 is 16.1 Å². The van der Waals surface area contributed by atoms with Crippen molar-refractivity contribution in [2.24, 2.45) is 7.05 Å². The lowest BCUT2D eigenvalue weighted by Gasteiger charge is -2.28. The predicted molar refractivity (Wildman–Crippen MR) is 62.2 cm³/mol. The van der Waals surface area contributed by atoms with Crippen LogP contribution in [0.4, 0.5) is 0 Å². The van der Waals surface area contributed by atoms with Crippen LogP contribution in [0.1, 0.15) is 12.8 Å². The number of hydrogen-bond acceptors (Lipinski definition) is 4. The minimum Gasteiger partial charge on any atom is -0.393 e. The maximum Gasteiger partial charge on any atom is 0.261 e. The second kappa shape index (κ2) is 4.56. The van der Waals surface area contributed by atoms with Crippen LogP contribution < -0.4 is 0 Å². The number of hydrogen-bond donors (Lipinski definition) is 1. The molecule has 0 radical (unpaired) electrons. The third-order valence-corrected chi connectivity index (χ3v) is 5.26. The Balaban J connectivity index is 2.31. The normalized spacial score (nSPS) is 19.7. The molecule has 1 aliphatic rings. The van der Waals surface area contributed by atoms with Crippen LogP contribution in [0.3, 0.4) is 0 Å². The number of rotatable bonds is 2. The van der Waals surface area contributed by atoms with Crippen LogP contribution >= 0.6 is 11.6 Å². The van der Waals surface area contributed by atoms with Gasteiger partial charge in [-0.25, -0.2) is 8.42 Å². The molecule has 1 aromatic rings. The Labute approximate surface area is 105 Å². The zero-order valence-electron chi connectivity index (χ0n) is 9.37. The molecule has 1 aromatic heterocycles. The maximum absolute atomic E-state index is 12.3. The fourth-order valence-corrected chi connectivity index (χ4v) is 3.97. The van der Waals surface area contributed by atoms with Crippen molar-refractivity contribution in [2.75, 3.05) is 13.1 Å². The quantitative estimate of drug-likeness (QED) is 0.840. The summed E-state index contributed by atoms with van der Waals surface area (Å²) in [6, 6.07) is 0. The van der Waals surface area contributed by atoms with Gasteiger partial charge >= 0.3 is 0 Å². The van der Waals surface area contributed by atoms with E-state index in [-0.39, 0.29) is 10.0 Å². The highest BCUT2D eigenvalue weighted by Crippen LogP contribution is 2.25. The van der Waals surface area contributed by atoms with Crippen LogP contribution in [0.25, 0.3) is 0 Å². The van der Waals surface area contributed by atoms with E-state index in [0.29, 0.717) is 25.9 Å². The summed E-state index contributed by atoms with van der Waals surface area (Å²) in [4.78, 5) is 0. The highest BCUT2D eigenvalue weighted by Gasteiger charge is 2.32. The van der Waals surface area contributed by atoms with E-state index >= 15 is 0 Å². The first-order valence-electron chi connectivity index (χ1n) is 5.28. The Morgan fingerprint density at radius 2 is 2.06 bits per heavy atom. The lowest BCUT2D eigenvalue weighted by Crippen LogP contribution is -2.40. The minimum atomic E-state index is -3.61. The zero-order valence-corrected chi connectivity index (χ0v) is 10.9. The average molecular weight is 280 g/mol. The molecule has 0 atom stereocenters. The number of piperidine rings is 1. The molecule has 1 fully saturated rings. The zero-order chi connectivity index (χ0) is 12.6. The number of aryl methyl sites for hydroxylation is 1. The molecule has 0 spiro atoms. The summed E-state index contributed by atoms with van der Waals surface area (Å²) >= 11 is 5.84. The van der Waals surface area contributed by atoms with Gasteiger partial charge in [-0.15, -0.1) is 0 Å². The number of sulfonamides is 1. The van der Waals surface area contributed by atoms with Gasteiger partial charge in [-0.2, -0.15) is 9.40 Å². The fraction of sp³-hybridized carbons (Fsp3) is 0.667. The minimum absolute atomic E-state index is 0.00977. The molecule has 0 amide bonds. The van der Waals surface area contributed by atoms with Crippen molar-refractivity contribution in [1.82, 2.24) is 14.1 Å². The van der Waals surface area contributed by atoms with Crippen LogP contribution in [0.2, 0.25) is 5.02 Å². The highest BCUT2D eigenvalue weighted by molar-refractivity contribution is 7.89. The van der Waals surface area contributed by atoms with Gasteiger partial charge in [-0.3, -0.25) is 4.68 Å². The molecule has 0 aromatic carbocycles. The van der Waals surface area contributed by atoms with Gasteiger partial charge in [0.1, 0.15) is 0 Å². The van der Waals surface area contributed by atoms with Crippen molar-refractivity contribution in [3.63, 3.8) is 0 Å². The van der Waals surface area contributed by atoms with Gasteiger partial charge in [-0.1, -0.05) is 11.6 Å². The monoisotopic (exact) mass is 279 g/mol. The van der Waals surface area contributed by atoms with Gasteiger partial charge in [0.15, 0.2) is 5.03 Å². The SMILES string of the molecule is Cn1ncc(Cl)c1S(=O)(=O)N1CCC(O)CC1.